The Balaban J connectivity index is 2.52. The average molecular weight is 208 g/mol. The summed E-state index contributed by atoms with van der Waals surface area (Å²) in [7, 11) is 0. The second-order valence-electron chi connectivity index (χ2n) is 3.74. The summed E-state index contributed by atoms with van der Waals surface area (Å²) >= 11 is 0. The van der Waals surface area contributed by atoms with E-state index in [2.05, 4.69) is 19.9 Å². The van der Waals surface area contributed by atoms with E-state index in [0.717, 1.165) is 12.4 Å². The molecule has 0 N–H and O–H groups in total. The Hall–Kier alpha value is -1.02. The van der Waals surface area contributed by atoms with Crippen LogP contribution in [-0.4, -0.2) is 19.8 Å². The number of para-hydroxylation sites is 1. The third-order valence-electron chi connectivity index (χ3n) is 2.23. The molecule has 0 amide bonds. The van der Waals surface area contributed by atoms with Gasteiger partial charge in [-0.05, 0) is 24.5 Å². The van der Waals surface area contributed by atoms with Gasteiger partial charge in [0.25, 0.3) is 0 Å². The van der Waals surface area contributed by atoms with Crippen LogP contribution in [0.25, 0.3) is 0 Å². The van der Waals surface area contributed by atoms with Crippen LogP contribution in [0.5, 0.6) is 5.75 Å². The lowest BCUT2D eigenvalue weighted by molar-refractivity contribution is 0.109. The molecule has 1 aromatic rings. The lowest BCUT2D eigenvalue weighted by Gasteiger charge is -2.13. The second kappa shape index (κ2) is 6.46. The third-order valence-corrected chi connectivity index (χ3v) is 2.23. The molecule has 0 aromatic heterocycles. The van der Waals surface area contributed by atoms with Crippen LogP contribution in [0, 0.1) is 0 Å². The van der Waals surface area contributed by atoms with Gasteiger partial charge in [-0.25, -0.2) is 0 Å². The van der Waals surface area contributed by atoms with Crippen molar-refractivity contribution in [3.05, 3.63) is 29.8 Å². The first-order valence-corrected chi connectivity index (χ1v) is 5.55. The smallest absolute Gasteiger partial charge is 0.122 e. The average Bonchev–Trinajstić information content (AvgIpc) is 2.25. The molecule has 0 aliphatic heterocycles. The first kappa shape index (κ1) is 12.1. The molecule has 0 radical (unpaired) electrons. The van der Waals surface area contributed by atoms with Gasteiger partial charge in [0.2, 0.25) is 0 Å². The number of ether oxygens (including phenoxy) is 2. The van der Waals surface area contributed by atoms with Crippen molar-refractivity contribution in [3.8, 4) is 5.75 Å². The Labute approximate surface area is 92.2 Å². The highest BCUT2D eigenvalue weighted by Crippen LogP contribution is 2.25. The van der Waals surface area contributed by atoms with Crippen LogP contribution in [0.4, 0.5) is 0 Å². The molecule has 0 unspecified atom stereocenters. The van der Waals surface area contributed by atoms with E-state index in [1.807, 2.05) is 25.1 Å². The molecule has 0 heterocycles. The molecule has 2 heteroatoms. The first-order valence-electron chi connectivity index (χ1n) is 5.55. The van der Waals surface area contributed by atoms with Crippen LogP contribution >= 0.6 is 0 Å². The molecule has 15 heavy (non-hydrogen) atoms. The Bertz CT molecular complexity index is 282. The highest BCUT2D eigenvalue weighted by molar-refractivity contribution is 5.35. The first-order chi connectivity index (χ1) is 7.25. The van der Waals surface area contributed by atoms with Gasteiger partial charge in [-0.15, -0.1) is 0 Å². The van der Waals surface area contributed by atoms with Crippen LogP contribution < -0.4 is 4.74 Å². The van der Waals surface area contributed by atoms with Crippen LogP contribution in [0.1, 0.15) is 32.3 Å². The van der Waals surface area contributed by atoms with E-state index in [-0.39, 0.29) is 0 Å². The van der Waals surface area contributed by atoms with Gasteiger partial charge in [0.1, 0.15) is 12.4 Å². The summed E-state index contributed by atoms with van der Waals surface area (Å²) in [6.45, 7) is 8.35. The maximum atomic E-state index is 5.68. The molecule has 0 fully saturated rings. The van der Waals surface area contributed by atoms with E-state index in [1.54, 1.807) is 0 Å². The lowest BCUT2D eigenvalue weighted by Crippen LogP contribution is -2.07. The van der Waals surface area contributed by atoms with Crippen molar-refractivity contribution in [2.75, 3.05) is 19.8 Å². The number of benzene rings is 1. The molecule has 0 spiro atoms. The summed E-state index contributed by atoms with van der Waals surface area (Å²) in [6.07, 6.45) is 0. The van der Waals surface area contributed by atoms with E-state index in [0.29, 0.717) is 19.1 Å². The van der Waals surface area contributed by atoms with Gasteiger partial charge < -0.3 is 9.47 Å². The molecule has 2 nitrogen and oxygen atoms in total. The van der Waals surface area contributed by atoms with Crippen molar-refractivity contribution in [2.24, 2.45) is 0 Å². The Kier molecular flexibility index (Phi) is 5.19. The van der Waals surface area contributed by atoms with Crippen LogP contribution in [-0.2, 0) is 4.74 Å². The molecular weight excluding hydrogens is 188 g/mol. The zero-order valence-corrected chi connectivity index (χ0v) is 9.82. The summed E-state index contributed by atoms with van der Waals surface area (Å²) in [4.78, 5) is 0. The number of rotatable bonds is 6. The summed E-state index contributed by atoms with van der Waals surface area (Å²) in [6, 6.07) is 8.18. The molecule has 0 saturated carbocycles. The van der Waals surface area contributed by atoms with Crippen molar-refractivity contribution in [2.45, 2.75) is 26.7 Å². The van der Waals surface area contributed by atoms with Gasteiger partial charge in [-0.3, -0.25) is 0 Å². The number of hydrogen-bond acceptors (Lipinski definition) is 2. The van der Waals surface area contributed by atoms with E-state index >= 15 is 0 Å². The van der Waals surface area contributed by atoms with Gasteiger partial charge in [-0.1, -0.05) is 32.0 Å². The fourth-order valence-electron chi connectivity index (χ4n) is 1.44. The summed E-state index contributed by atoms with van der Waals surface area (Å²) in [5.41, 5.74) is 1.26. The van der Waals surface area contributed by atoms with Gasteiger partial charge in [0.05, 0.1) is 6.61 Å². The molecule has 0 bridgehead atoms. The van der Waals surface area contributed by atoms with Crippen LogP contribution in [0.3, 0.4) is 0 Å². The summed E-state index contributed by atoms with van der Waals surface area (Å²) in [5, 5.41) is 0. The van der Waals surface area contributed by atoms with Crippen molar-refractivity contribution in [1.82, 2.24) is 0 Å². The van der Waals surface area contributed by atoms with Gasteiger partial charge in [-0.2, -0.15) is 0 Å². The minimum atomic E-state index is 0.494. The summed E-state index contributed by atoms with van der Waals surface area (Å²) in [5.74, 6) is 1.47. The molecule has 1 rings (SSSR count). The normalized spacial score (nSPS) is 10.7. The third kappa shape index (κ3) is 3.92. The minimum Gasteiger partial charge on any atom is -0.491 e. The predicted molar refractivity (Wildman–Crippen MR) is 62.5 cm³/mol. The molecular formula is C13H20O2. The fraction of sp³-hybridized carbons (Fsp3) is 0.538. The monoisotopic (exact) mass is 208 g/mol. The quantitative estimate of drug-likeness (QED) is 0.668. The Morgan fingerprint density at radius 1 is 1.13 bits per heavy atom. The van der Waals surface area contributed by atoms with Gasteiger partial charge in [0.15, 0.2) is 0 Å². The Morgan fingerprint density at radius 3 is 2.53 bits per heavy atom. The molecule has 0 saturated heterocycles. The van der Waals surface area contributed by atoms with Crippen LogP contribution in [0.2, 0.25) is 0 Å². The van der Waals surface area contributed by atoms with Gasteiger partial charge >= 0.3 is 0 Å². The molecule has 1 aromatic carbocycles. The SMILES string of the molecule is CCOCCOc1ccccc1C(C)C. The largest absolute Gasteiger partial charge is 0.491 e. The van der Waals surface area contributed by atoms with E-state index < -0.39 is 0 Å². The van der Waals surface area contributed by atoms with Crippen molar-refractivity contribution in [3.63, 3.8) is 0 Å². The molecule has 0 aliphatic rings. The Morgan fingerprint density at radius 2 is 1.87 bits per heavy atom. The van der Waals surface area contributed by atoms with Crippen molar-refractivity contribution >= 4 is 0 Å². The molecule has 0 aliphatic carbocycles. The zero-order chi connectivity index (χ0) is 11.1. The lowest BCUT2D eigenvalue weighted by atomic mass is 10.0. The fourth-order valence-corrected chi connectivity index (χ4v) is 1.44. The maximum absolute atomic E-state index is 5.68. The molecule has 0 atom stereocenters. The highest BCUT2D eigenvalue weighted by atomic mass is 16.5. The van der Waals surface area contributed by atoms with Crippen LogP contribution in [0.15, 0.2) is 24.3 Å². The zero-order valence-electron chi connectivity index (χ0n) is 9.82. The highest BCUT2D eigenvalue weighted by Gasteiger charge is 2.05. The van der Waals surface area contributed by atoms with E-state index in [4.69, 9.17) is 9.47 Å². The molecule has 84 valence electrons. The summed E-state index contributed by atoms with van der Waals surface area (Å²) < 4.78 is 10.9. The maximum Gasteiger partial charge on any atom is 0.122 e. The van der Waals surface area contributed by atoms with E-state index in [1.165, 1.54) is 5.56 Å². The standard InChI is InChI=1S/C13H20O2/c1-4-14-9-10-15-13-8-6-5-7-12(13)11(2)3/h5-8,11H,4,9-10H2,1-3H3. The minimum absolute atomic E-state index is 0.494. The topological polar surface area (TPSA) is 18.5 Å². The van der Waals surface area contributed by atoms with E-state index in [9.17, 15) is 0 Å². The van der Waals surface area contributed by atoms with Gasteiger partial charge in [0, 0.05) is 6.61 Å². The van der Waals surface area contributed by atoms with Crippen molar-refractivity contribution < 1.29 is 9.47 Å². The second-order valence-corrected chi connectivity index (χ2v) is 3.74. The van der Waals surface area contributed by atoms with Crippen molar-refractivity contribution in [1.29, 1.82) is 0 Å². The predicted octanol–water partition coefficient (Wildman–Crippen LogP) is 3.23. The number of hydrogen-bond donors (Lipinski definition) is 0.